The maximum absolute atomic E-state index is 2.48. The molecule has 0 N–H and O–H groups in total. The van der Waals surface area contributed by atoms with Gasteiger partial charge in [0.1, 0.15) is 6.71 Å². The summed E-state index contributed by atoms with van der Waals surface area (Å²) in [5.74, 6) is 2.24. The fraction of sp³-hybridized carbons (Fsp3) is 1.00. The van der Waals surface area contributed by atoms with Crippen LogP contribution in [0.1, 0.15) is 38.5 Å². The summed E-state index contributed by atoms with van der Waals surface area (Å²) in [6.45, 7) is 3.55. The van der Waals surface area contributed by atoms with Crippen LogP contribution in [-0.4, -0.2) is 6.71 Å². The second-order valence-corrected chi connectivity index (χ2v) is 4.24. The lowest BCUT2D eigenvalue weighted by molar-refractivity contribution is 0.445. The molecule has 2 saturated heterocycles. The van der Waals surface area contributed by atoms with Gasteiger partial charge in [-0.2, -0.15) is 0 Å². The molecule has 2 rings (SSSR count). The van der Waals surface area contributed by atoms with Gasteiger partial charge in [0.2, 0.25) is 0 Å². The Balaban J connectivity index is 2.05. The first-order valence-corrected chi connectivity index (χ1v) is 4.88. The lowest BCUT2D eigenvalue weighted by Gasteiger charge is -2.38. The van der Waals surface area contributed by atoms with E-state index in [1.165, 1.54) is 38.5 Å². The van der Waals surface area contributed by atoms with Gasteiger partial charge in [0.05, 0.1) is 0 Å². The van der Waals surface area contributed by atoms with E-state index in [0.29, 0.717) is 0 Å². The standard InChI is InChI=1S/C9H17B/c1-10-8-4-2-5-9(10)7-3-6-8/h8-9H,2-7H2,1H3. The lowest BCUT2D eigenvalue weighted by atomic mass is 9.29. The summed E-state index contributed by atoms with van der Waals surface area (Å²) in [5.41, 5.74) is 0. The zero-order chi connectivity index (χ0) is 6.97. The average molecular weight is 136 g/mol. The highest BCUT2D eigenvalue weighted by atomic mass is 14.2. The van der Waals surface area contributed by atoms with Gasteiger partial charge in [-0.15, -0.1) is 0 Å². The quantitative estimate of drug-likeness (QED) is 0.448. The van der Waals surface area contributed by atoms with Crippen molar-refractivity contribution in [2.24, 2.45) is 0 Å². The van der Waals surface area contributed by atoms with Gasteiger partial charge in [-0.25, -0.2) is 0 Å². The van der Waals surface area contributed by atoms with Crippen molar-refractivity contribution in [2.45, 2.75) is 57.0 Å². The highest BCUT2D eigenvalue weighted by Gasteiger charge is 2.35. The molecular formula is C9H17B. The first-order valence-electron chi connectivity index (χ1n) is 4.88. The molecule has 10 heavy (non-hydrogen) atoms. The van der Waals surface area contributed by atoms with Gasteiger partial charge in [-0.05, 0) is 0 Å². The van der Waals surface area contributed by atoms with Crippen LogP contribution in [0.25, 0.3) is 0 Å². The molecule has 0 amide bonds. The molecule has 0 saturated carbocycles. The Morgan fingerprint density at radius 3 is 1.60 bits per heavy atom. The van der Waals surface area contributed by atoms with Crippen molar-refractivity contribution in [3.63, 3.8) is 0 Å². The molecule has 0 spiro atoms. The summed E-state index contributed by atoms with van der Waals surface area (Å²) in [7, 11) is 0. The molecule has 1 heteroatoms. The van der Waals surface area contributed by atoms with E-state index in [1.807, 2.05) is 0 Å². The Bertz CT molecular complexity index is 99.9. The van der Waals surface area contributed by atoms with Crippen LogP contribution in [0.2, 0.25) is 18.5 Å². The summed E-state index contributed by atoms with van der Waals surface area (Å²) in [5, 5.41) is 0. The van der Waals surface area contributed by atoms with Crippen molar-refractivity contribution < 1.29 is 0 Å². The molecule has 0 aromatic heterocycles. The number of fused-ring (bicyclic) bond motifs is 2. The molecule has 56 valence electrons. The van der Waals surface area contributed by atoms with Crippen molar-refractivity contribution in [3.05, 3.63) is 0 Å². The number of hydrogen-bond acceptors (Lipinski definition) is 0. The zero-order valence-electron chi connectivity index (χ0n) is 6.97. The average Bonchev–Trinajstić information content (AvgIpc) is 1.86. The molecule has 0 aliphatic carbocycles. The Morgan fingerprint density at radius 1 is 0.900 bits per heavy atom. The minimum absolute atomic E-state index is 1.07. The van der Waals surface area contributed by atoms with Crippen LogP contribution in [0.3, 0.4) is 0 Å². The van der Waals surface area contributed by atoms with Gasteiger partial charge in [0.25, 0.3) is 0 Å². The third-order valence-corrected chi connectivity index (χ3v) is 3.79. The Hall–Kier alpha value is 0.0649. The largest absolute Gasteiger partial charge is 0.143 e. The molecule has 0 unspecified atom stereocenters. The molecule has 2 aliphatic rings. The topological polar surface area (TPSA) is 0 Å². The predicted molar refractivity (Wildman–Crippen MR) is 46.8 cm³/mol. The van der Waals surface area contributed by atoms with Gasteiger partial charge < -0.3 is 0 Å². The second-order valence-electron chi connectivity index (χ2n) is 4.24. The van der Waals surface area contributed by atoms with E-state index in [2.05, 4.69) is 6.82 Å². The molecule has 2 aliphatic heterocycles. The van der Waals surface area contributed by atoms with Crippen molar-refractivity contribution >= 4 is 6.71 Å². The summed E-state index contributed by atoms with van der Waals surface area (Å²) < 4.78 is 0. The first-order chi connectivity index (χ1) is 4.88. The van der Waals surface area contributed by atoms with Crippen molar-refractivity contribution in [3.8, 4) is 0 Å². The van der Waals surface area contributed by atoms with Gasteiger partial charge in [0.15, 0.2) is 0 Å². The molecular weight excluding hydrogens is 119 g/mol. The van der Waals surface area contributed by atoms with Crippen LogP contribution >= 0.6 is 0 Å². The molecule has 0 aromatic carbocycles. The fourth-order valence-electron chi connectivity index (χ4n) is 3.01. The van der Waals surface area contributed by atoms with E-state index in [1.54, 1.807) is 0 Å². The number of hydrogen-bond donors (Lipinski definition) is 0. The van der Waals surface area contributed by atoms with E-state index in [-0.39, 0.29) is 0 Å². The molecule has 0 aromatic rings. The highest BCUT2D eigenvalue weighted by molar-refractivity contribution is 6.61. The van der Waals surface area contributed by atoms with Crippen LogP contribution in [0.5, 0.6) is 0 Å². The zero-order valence-corrected chi connectivity index (χ0v) is 6.97. The van der Waals surface area contributed by atoms with E-state index < -0.39 is 0 Å². The summed E-state index contributed by atoms with van der Waals surface area (Å²) in [4.78, 5) is 0. The maximum atomic E-state index is 2.48. The Labute approximate surface area is 64.5 Å². The third-order valence-electron chi connectivity index (χ3n) is 3.79. The van der Waals surface area contributed by atoms with Crippen LogP contribution < -0.4 is 0 Å². The van der Waals surface area contributed by atoms with Gasteiger partial charge in [-0.3, -0.25) is 0 Å². The summed E-state index contributed by atoms with van der Waals surface area (Å²) in [6, 6.07) is 0. The SMILES string of the molecule is CB1C2CCCC1CCC2. The van der Waals surface area contributed by atoms with Crippen molar-refractivity contribution in [1.82, 2.24) is 0 Å². The minimum atomic E-state index is 1.07. The van der Waals surface area contributed by atoms with Crippen LogP contribution in [0, 0.1) is 0 Å². The fourth-order valence-corrected chi connectivity index (χ4v) is 3.01. The van der Waals surface area contributed by atoms with Gasteiger partial charge in [0, 0.05) is 0 Å². The summed E-state index contributed by atoms with van der Waals surface area (Å²) >= 11 is 0. The predicted octanol–water partition coefficient (Wildman–Crippen LogP) is 3.22. The van der Waals surface area contributed by atoms with Crippen molar-refractivity contribution in [1.29, 1.82) is 0 Å². The van der Waals surface area contributed by atoms with E-state index >= 15 is 0 Å². The smallest absolute Gasteiger partial charge is 0.0856 e. The Morgan fingerprint density at radius 2 is 1.30 bits per heavy atom. The first kappa shape index (κ1) is 6.76. The molecule has 0 atom stereocenters. The highest BCUT2D eigenvalue weighted by Crippen LogP contribution is 2.45. The normalized spacial score (nSPS) is 39.9. The molecule has 0 nitrogen and oxygen atoms in total. The monoisotopic (exact) mass is 136 g/mol. The van der Waals surface area contributed by atoms with E-state index in [0.717, 1.165) is 18.3 Å². The maximum Gasteiger partial charge on any atom is 0.143 e. The van der Waals surface area contributed by atoms with Crippen LogP contribution in [-0.2, 0) is 0 Å². The van der Waals surface area contributed by atoms with Gasteiger partial charge in [-0.1, -0.05) is 57.0 Å². The number of rotatable bonds is 0. The van der Waals surface area contributed by atoms with Crippen molar-refractivity contribution in [2.75, 3.05) is 0 Å². The van der Waals surface area contributed by atoms with E-state index in [4.69, 9.17) is 0 Å². The Kier molecular flexibility index (Phi) is 1.75. The molecule has 2 fully saturated rings. The van der Waals surface area contributed by atoms with E-state index in [9.17, 15) is 0 Å². The molecule has 0 radical (unpaired) electrons. The van der Waals surface area contributed by atoms with Crippen LogP contribution in [0.15, 0.2) is 0 Å². The van der Waals surface area contributed by atoms with Crippen LogP contribution in [0.4, 0.5) is 0 Å². The molecule has 2 heterocycles. The lowest BCUT2D eigenvalue weighted by Crippen LogP contribution is -2.31. The minimum Gasteiger partial charge on any atom is -0.0856 e. The second kappa shape index (κ2) is 2.60. The third kappa shape index (κ3) is 1.000. The molecule has 2 bridgehead atoms. The van der Waals surface area contributed by atoms with Gasteiger partial charge >= 0.3 is 0 Å². The summed E-state index contributed by atoms with van der Waals surface area (Å²) in [6.07, 6.45) is 9.21.